The van der Waals surface area contributed by atoms with Gasteiger partial charge in [-0.2, -0.15) is 0 Å². The number of likely N-dealkylation sites (tertiary alicyclic amines) is 1. The Balaban J connectivity index is 1.66. The van der Waals surface area contributed by atoms with Crippen LogP contribution in [-0.4, -0.2) is 65.0 Å². The van der Waals surface area contributed by atoms with Gasteiger partial charge in [-0.25, -0.2) is 0 Å². The number of benzene rings is 1. The van der Waals surface area contributed by atoms with Crippen molar-refractivity contribution in [2.45, 2.75) is 38.8 Å². The standard InChI is InChI=1S/C20H26N2O5/c1-14-2-4-15(5-3-14)11-21-12-16(10-18(21)23)20(26)22(13-19(24)25)17-6-8-27-9-7-17/h2-5,16-17H,6-13H2,1H3,(H,24,25). The summed E-state index contributed by atoms with van der Waals surface area (Å²) in [4.78, 5) is 39.8. The van der Waals surface area contributed by atoms with Crippen LogP contribution >= 0.6 is 0 Å². The van der Waals surface area contributed by atoms with Gasteiger partial charge in [0.25, 0.3) is 0 Å². The molecule has 7 heteroatoms. The van der Waals surface area contributed by atoms with Crippen molar-refractivity contribution in [3.8, 4) is 0 Å². The molecular formula is C20H26N2O5. The van der Waals surface area contributed by atoms with Gasteiger partial charge >= 0.3 is 5.97 Å². The van der Waals surface area contributed by atoms with Crippen LogP contribution in [-0.2, 0) is 25.7 Å². The first kappa shape index (κ1) is 19.4. The van der Waals surface area contributed by atoms with Crippen LogP contribution in [0.1, 0.15) is 30.4 Å². The number of carbonyl (C=O) groups excluding carboxylic acids is 2. The molecule has 0 aromatic heterocycles. The highest BCUT2D eigenvalue weighted by molar-refractivity contribution is 5.90. The Morgan fingerprint density at radius 1 is 1.22 bits per heavy atom. The maximum absolute atomic E-state index is 13.0. The van der Waals surface area contributed by atoms with E-state index in [2.05, 4.69) is 0 Å². The van der Waals surface area contributed by atoms with Crippen LogP contribution in [0.25, 0.3) is 0 Å². The third-order valence-corrected chi connectivity index (χ3v) is 5.28. The highest BCUT2D eigenvalue weighted by Crippen LogP contribution is 2.25. The zero-order chi connectivity index (χ0) is 19.4. The Kier molecular flexibility index (Phi) is 6.11. The first-order valence-corrected chi connectivity index (χ1v) is 9.37. The van der Waals surface area contributed by atoms with Gasteiger partial charge < -0.3 is 19.6 Å². The van der Waals surface area contributed by atoms with Crippen LogP contribution in [0.3, 0.4) is 0 Å². The maximum Gasteiger partial charge on any atom is 0.323 e. The molecule has 1 atom stereocenters. The summed E-state index contributed by atoms with van der Waals surface area (Å²) in [5.74, 6) is -1.80. The summed E-state index contributed by atoms with van der Waals surface area (Å²) < 4.78 is 5.32. The van der Waals surface area contributed by atoms with Crippen LogP contribution in [0.5, 0.6) is 0 Å². The van der Waals surface area contributed by atoms with Crippen molar-refractivity contribution in [2.24, 2.45) is 5.92 Å². The van der Waals surface area contributed by atoms with Crippen molar-refractivity contribution < 1.29 is 24.2 Å². The molecule has 0 bridgehead atoms. The quantitative estimate of drug-likeness (QED) is 0.814. The molecule has 0 saturated carbocycles. The fourth-order valence-electron chi connectivity index (χ4n) is 3.77. The summed E-state index contributed by atoms with van der Waals surface area (Å²) in [6, 6.07) is 7.83. The molecule has 3 rings (SSSR count). The number of hydrogen-bond donors (Lipinski definition) is 1. The van der Waals surface area contributed by atoms with Crippen molar-refractivity contribution in [1.82, 2.24) is 9.80 Å². The normalized spacial score (nSPS) is 20.7. The minimum atomic E-state index is -1.03. The van der Waals surface area contributed by atoms with Gasteiger partial charge in [0.2, 0.25) is 11.8 Å². The van der Waals surface area contributed by atoms with Crippen LogP contribution in [0.15, 0.2) is 24.3 Å². The SMILES string of the molecule is Cc1ccc(CN2CC(C(=O)N(CC(=O)O)C3CCOCC3)CC2=O)cc1. The zero-order valence-electron chi connectivity index (χ0n) is 15.6. The average molecular weight is 374 g/mol. The van der Waals surface area contributed by atoms with E-state index in [1.165, 1.54) is 4.90 Å². The highest BCUT2D eigenvalue weighted by atomic mass is 16.5. The van der Waals surface area contributed by atoms with Gasteiger partial charge in [-0.3, -0.25) is 14.4 Å². The number of amides is 2. The third-order valence-electron chi connectivity index (χ3n) is 5.28. The molecule has 27 heavy (non-hydrogen) atoms. The minimum Gasteiger partial charge on any atom is -0.480 e. The van der Waals surface area contributed by atoms with E-state index >= 15 is 0 Å². The van der Waals surface area contributed by atoms with E-state index in [4.69, 9.17) is 4.74 Å². The second-order valence-electron chi connectivity index (χ2n) is 7.36. The lowest BCUT2D eigenvalue weighted by Crippen LogP contribution is -2.48. The molecule has 1 aromatic carbocycles. The van der Waals surface area contributed by atoms with Crippen molar-refractivity contribution in [2.75, 3.05) is 26.3 Å². The van der Waals surface area contributed by atoms with E-state index in [-0.39, 0.29) is 30.8 Å². The van der Waals surface area contributed by atoms with Crippen LogP contribution in [0.4, 0.5) is 0 Å². The Labute approximate surface area is 158 Å². The van der Waals surface area contributed by atoms with Gasteiger partial charge in [-0.1, -0.05) is 29.8 Å². The molecule has 0 spiro atoms. The van der Waals surface area contributed by atoms with E-state index in [1.807, 2.05) is 31.2 Å². The predicted octanol–water partition coefficient (Wildman–Crippen LogP) is 1.44. The second-order valence-corrected chi connectivity index (χ2v) is 7.36. The molecule has 0 radical (unpaired) electrons. The van der Waals surface area contributed by atoms with E-state index < -0.39 is 11.9 Å². The Morgan fingerprint density at radius 3 is 2.52 bits per heavy atom. The number of nitrogens with zero attached hydrogens (tertiary/aromatic N) is 2. The number of carbonyl (C=O) groups is 3. The molecule has 2 amide bonds. The predicted molar refractivity (Wildman–Crippen MR) is 97.9 cm³/mol. The monoisotopic (exact) mass is 374 g/mol. The Hall–Kier alpha value is -2.41. The largest absolute Gasteiger partial charge is 0.480 e. The van der Waals surface area contributed by atoms with Crippen molar-refractivity contribution in [3.05, 3.63) is 35.4 Å². The topological polar surface area (TPSA) is 87.2 Å². The lowest BCUT2D eigenvalue weighted by molar-refractivity contribution is -0.149. The Morgan fingerprint density at radius 2 is 1.89 bits per heavy atom. The van der Waals surface area contributed by atoms with E-state index in [0.717, 1.165) is 11.1 Å². The first-order chi connectivity index (χ1) is 12.9. The number of carboxylic acids is 1. The zero-order valence-corrected chi connectivity index (χ0v) is 15.6. The molecule has 2 heterocycles. The van der Waals surface area contributed by atoms with E-state index in [9.17, 15) is 19.5 Å². The van der Waals surface area contributed by atoms with E-state index in [1.54, 1.807) is 4.90 Å². The summed E-state index contributed by atoms with van der Waals surface area (Å²) in [6.45, 7) is 3.54. The van der Waals surface area contributed by atoms with Crippen LogP contribution in [0.2, 0.25) is 0 Å². The Bertz CT molecular complexity index is 697. The van der Waals surface area contributed by atoms with Gasteiger partial charge in [0.15, 0.2) is 0 Å². The molecule has 7 nitrogen and oxygen atoms in total. The second kappa shape index (κ2) is 8.52. The maximum atomic E-state index is 13.0. The van der Waals surface area contributed by atoms with Gasteiger partial charge in [-0.15, -0.1) is 0 Å². The van der Waals surface area contributed by atoms with Gasteiger partial charge in [0, 0.05) is 38.8 Å². The van der Waals surface area contributed by atoms with E-state index in [0.29, 0.717) is 39.1 Å². The fourth-order valence-corrected chi connectivity index (χ4v) is 3.77. The van der Waals surface area contributed by atoms with Crippen LogP contribution < -0.4 is 0 Å². The molecule has 2 aliphatic heterocycles. The summed E-state index contributed by atoms with van der Waals surface area (Å²) in [6.07, 6.45) is 1.41. The van der Waals surface area contributed by atoms with Gasteiger partial charge in [0.1, 0.15) is 6.54 Å². The minimum absolute atomic E-state index is 0.0591. The number of carboxylic acid groups (broad SMARTS) is 1. The summed E-state index contributed by atoms with van der Waals surface area (Å²) >= 11 is 0. The summed E-state index contributed by atoms with van der Waals surface area (Å²) in [5.41, 5.74) is 2.18. The first-order valence-electron chi connectivity index (χ1n) is 9.37. The molecule has 2 fully saturated rings. The molecular weight excluding hydrogens is 348 g/mol. The number of aryl methyl sites for hydroxylation is 1. The lowest BCUT2D eigenvalue weighted by atomic mass is 10.0. The average Bonchev–Trinajstić information content (AvgIpc) is 3.02. The number of ether oxygens (including phenoxy) is 1. The highest BCUT2D eigenvalue weighted by Gasteiger charge is 2.39. The molecule has 1 unspecified atom stereocenters. The number of rotatable bonds is 6. The fraction of sp³-hybridized carbons (Fsp3) is 0.550. The van der Waals surface area contributed by atoms with Gasteiger partial charge in [-0.05, 0) is 25.3 Å². The third kappa shape index (κ3) is 4.86. The van der Waals surface area contributed by atoms with Crippen molar-refractivity contribution in [3.63, 3.8) is 0 Å². The smallest absolute Gasteiger partial charge is 0.323 e. The molecule has 2 saturated heterocycles. The number of aliphatic carboxylic acids is 1. The van der Waals surface area contributed by atoms with Crippen molar-refractivity contribution >= 4 is 17.8 Å². The van der Waals surface area contributed by atoms with Crippen LogP contribution in [0, 0.1) is 12.8 Å². The number of hydrogen-bond acceptors (Lipinski definition) is 4. The molecule has 2 aliphatic rings. The molecule has 146 valence electrons. The molecule has 1 aromatic rings. The molecule has 0 aliphatic carbocycles. The van der Waals surface area contributed by atoms with Crippen molar-refractivity contribution in [1.29, 1.82) is 0 Å². The molecule has 1 N–H and O–H groups in total. The van der Waals surface area contributed by atoms with Gasteiger partial charge in [0.05, 0.1) is 5.92 Å². The lowest BCUT2D eigenvalue weighted by Gasteiger charge is -2.34. The summed E-state index contributed by atoms with van der Waals surface area (Å²) in [7, 11) is 0. The summed E-state index contributed by atoms with van der Waals surface area (Å²) in [5, 5.41) is 9.22.